The summed E-state index contributed by atoms with van der Waals surface area (Å²) in [5.74, 6) is 0. The van der Waals surface area contributed by atoms with Crippen molar-refractivity contribution in [1.82, 2.24) is 0 Å². The van der Waals surface area contributed by atoms with Gasteiger partial charge in [0.1, 0.15) is 0 Å². The van der Waals surface area contributed by atoms with Gasteiger partial charge in [0.25, 0.3) is 0 Å². The third-order valence-corrected chi connectivity index (χ3v) is 2.91. The first-order chi connectivity index (χ1) is 9.36. The van der Waals surface area contributed by atoms with Crippen LogP contribution >= 0.6 is 11.6 Å². The van der Waals surface area contributed by atoms with E-state index in [2.05, 4.69) is 4.99 Å². The largest absolute Gasteiger partial charge is 0.433 e. The van der Waals surface area contributed by atoms with Gasteiger partial charge in [-0.15, -0.1) is 0 Å². The lowest BCUT2D eigenvalue weighted by atomic mass is 10.1. The molecule has 0 atom stereocenters. The maximum Gasteiger partial charge on any atom is 0.433 e. The second kappa shape index (κ2) is 5.67. The van der Waals surface area contributed by atoms with E-state index < -0.39 is 11.9 Å². The minimum absolute atomic E-state index is 0.0399. The molecular weight excluding hydrogens is 287 g/mol. The molecule has 0 fully saturated rings. The zero-order valence-electron chi connectivity index (χ0n) is 10.6. The summed E-state index contributed by atoms with van der Waals surface area (Å²) in [4.78, 5) is 3.70. The molecule has 0 saturated carbocycles. The summed E-state index contributed by atoms with van der Waals surface area (Å²) in [6, 6.07) is 12.0. The summed E-state index contributed by atoms with van der Waals surface area (Å²) in [6.07, 6.45) is -4.52. The Bertz CT molecular complexity index is 613. The molecule has 0 unspecified atom stereocenters. The smallest absolute Gasteiger partial charge is 0.243 e. The van der Waals surface area contributed by atoms with Crippen molar-refractivity contribution in [2.45, 2.75) is 13.1 Å². The molecule has 20 heavy (non-hydrogen) atoms. The molecule has 0 aromatic heterocycles. The van der Waals surface area contributed by atoms with Crippen LogP contribution in [0.25, 0.3) is 0 Å². The van der Waals surface area contributed by atoms with E-state index in [4.69, 9.17) is 11.6 Å². The third-order valence-electron chi connectivity index (χ3n) is 2.66. The minimum Gasteiger partial charge on any atom is -0.243 e. The van der Waals surface area contributed by atoms with E-state index in [0.717, 1.165) is 5.56 Å². The quantitative estimate of drug-likeness (QED) is 0.664. The molecule has 2 rings (SSSR count). The number of nitrogens with zero attached hydrogens (tertiary/aromatic N) is 1. The fourth-order valence-electron chi connectivity index (χ4n) is 1.65. The molecule has 5 heteroatoms. The molecule has 2 aromatic rings. The Morgan fingerprint density at radius 1 is 0.950 bits per heavy atom. The van der Waals surface area contributed by atoms with Crippen LogP contribution in [0, 0.1) is 6.92 Å². The Morgan fingerprint density at radius 2 is 1.50 bits per heavy atom. The summed E-state index contributed by atoms with van der Waals surface area (Å²) in [5, 5.41) is 0.452. The molecule has 0 aliphatic heterocycles. The van der Waals surface area contributed by atoms with Crippen molar-refractivity contribution in [1.29, 1.82) is 0 Å². The van der Waals surface area contributed by atoms with Crippen molar-refractivity contribution in [3.63, 3.8) is 0 Å². The number of alkyl halides is 3. The lowest BCUT2D eigenvalue weighted by molar-refractivity contribution is -0.0579. The standard InChI is InChI=1S/C15H11ClF3N/c1-10-2-4-11(5-3-10)14(15(17,18)19)20-13-8-6-12(16)7-9-13/h2-9H,1H3. The number of aryl methyl sites for hydroxylation is 1. The zero-order chi connectivity index (χ0) is 14.8. The van der Waals surface area contributed by atoms with Crippen molar-refractivity contribution in [3.05, 3.63) is 64.7 Å². The van der Waals surface area contributed by atoms with Gasteiger partial charge in [-0.1, -0.05) is 41.4 Å². The van der Waals surface area contributed by atoms with Gasteiger partial charge in [-0.2, -0.15) is 13.2 Å². The first-order valence-corrected chi connectivity index (χ1v) is 6.22. The van der Waals surface area contributed by atoms with E-state index >= 15 is 0 Å². The van der Waals surface area contributed by atoms with Crippen molar-refractivity contribution >= 4 is 23.0 Å². The van der Waals surface area contributed by atoms with Crippen LogP contribution < -0.4 is 0 Å². The number of rotatable bonds is 2. The molecule has 0 aliphatic carbocycles. The molecule has 0 amide bonds. The molecule has 0 saturated heterocycles. The second-order valence-electron chi connectivity index (χ2n) is 4.30. The first-order valence-electron chi connectivity index (χ1n) is 5.85. The van der Waals surface area contributed by atoms with Crippen LogP contribution in [0.15, 0.2) is 53.5 Å². The monoisotopic (exact) mass is 297 g/mol. The third kappa shape index (κ3) is 3.61. The predicted octanol–water partition coefficient (Wildman–Crippen LogP) is 5.33. The maximum atomic E-state index is 13.1. The predicted molar refractivity (Wildman–Crippen MR) is 74.9 cm³/mol. The van der Waals surface area contributed by atoms with Gasteiger partial charge in [-0.3, -0.25) is 0 Å². The Morgan fingerprint density at radius 3 is 2.00 bits per heavy atom. The first kappa shape index (κ1) is 14.6. The number of aliphatic imine (C=N–C) groups is 1. The van der Waals surface area contributed by atoms with E-state index in [1.807, 2.05) is 6.92 Å². The Labute approximate surface area is 119 Å². The fourth-order valence-corrected chi connectivity index (χ4v) is 1.77. The average Bonchev–Trinajstić information content (AvgIpc) is 2.38. The summed E-state index contributed by atoms with van der Waals surface area (Å²) >= 11 is 5.70. The van der Waals surface area contributed by atoms with Gasteiger partial charge in [-0.25, -0.2) is 4.99 Å². The van der Waals surface area contributed by atoms with Gasteiger partial charge in [-0.05, 0) is 31.2 Å². The number of benzene rings is 2. The number of hydrogen-bond donors (Lipinski definition) is 0. The van der Waals surface area contributed by atoms with Gasteiger partial charge in [0.2, 0.25) is 0 Å². The molecule has 0 radical (unpaired) electrons. The summed E-state index contributed by atoms with van der Waals surface area (Å²) in [6.45, 7) is 1.81. The second-order valence-corrected chi connectivity index (χ2v) is 4.74. The molecule has 104 valence electrons. The van der Waals surface area contributed by atoms with Gasteiger partial charge in [0, 0.05) is 10.6 Å². The molecule has 1 nitrogen and oxygen atoms in total. The molecule has 0 heterocycles. The molecule has 0 bridgehead atoms. The van der Waals surface area contributed by atoms with Gasteiger partial charge in [0.05, 0.1) is 5.69 Å². The Balaban J connectivity index is 2.48. The summed E-state index contributed by atoms with van der Waals surface area (Å²) < 4.78 is 39.3. The topological polar surface area (TPSA) is 12.4 Å². The summed E-state index contributed by atoms with van der Waals surface area (Å²) in [7, 11) is 0. The van der Waals surface area contributed by atoms with Crippen LogP contribution in [0.3, 0.4) is 0 Å². The maximum absolute atomic E-state index is 13.1. The highest BCUT2D eigenvalue weighted by atomic mass is 35.5. The van der Waals surface area contributed by atoms with E-state index in [1.54, 1.807) is 12.1 Å². The van der Waals surface area contributed by atoms with E-state index in [-0.39, 0.29) is 11.3 Å². The van der Waals surface area contributed by atoms with Crippen molar-refractivity contribution < 1.29 is 13.2 Å². The lowest BCUT2D eigenvalue weighted by Crippen LogP contribution is -2.23. The van der Waals surface area contributed by atoms with Crippen LogP contribution in [-0.2, 0) is 0 Å². The van der Waals surface area contributed by atoms with Crippen molar-refractivity contribution in [3.8, 4) is 0 Å². The van der Waals surface area contributed by atoms with E-state index in [9.17, 15) is 13.2 Å². The van der Waals surface area contributed by atoms with Crippen LogP contribution in [0.5, 0.6) is 0 Å². The molecule has 0 N–H and O–H groups in total. The van der Waals surface area contributed by atoms with E-state index in [1.165, 1.54) is 36.4 Å². The van der Waals surface area contributed by atoms with E-state index in [0.29, 0.717) is 5.02 Å². The molecule has 0 spiro atoms. The van der Waals surface area contributed by atoms with Crippen LogP contribution in [0.4, 0.5) is 18.9 Å². The molecule has 2 aromatic carbocycles. The number of hydrogen-bond acceptors (Lipinski definition) is 1. The SMILES string of the molecule is Cc1ccc(C(=Nc2ccc(Cl)cc2)C(F)(F)F)cc1. The van der Waals surface area contributed by atoms with Gasteiger partial charge < -0.3 is 0 Å². The Kier molecular flexibility index (Phi) is 4.14. The minimum atomic E-state index is -4.52. The Hall–Kier alpha value is -1.81. The van der Waals surface area contributed by atoms with Crippen LogP contribution in [0.2, 0.25) is 5.02 Å². The van der Waals surface area contributed by atoms with Gasteiger partial charge >= 0.3 is 6.18 Å². The normalized spacial score (nSPS) is 12.6. The highest BCUT2D eigenvalue weighted by molar-refractivity contribution is 6.30. The average molecular weight is 298 g/mol. The highest BCUT2D eigenvalue weighted by Crippen LogP contribution is 2.26. The summed E-state index contributed by atoms with van der Waals surface area (Å²) in [5.41, 5.74) is 0.224. The van der Waals surface area contributed by atoms with Crippen molar-refractivity contribution in [2.24, 2.45) is 4.99 Å². The molecule has 0 aliphatic rings. The zero-order valence-corrected chi connectivity index (χ0v) is 11.3. The highest BCUT2D eigenvalue weighted by Gasteiger charge is 2.36. The van der Waals surface area contributed by atoms with Gasteiger partial charge in [0.15, 0.2) is 5.71 Å². The van der Waals surface area contributed by atoms with Crippen LogP contribution in [-0.4, -0.2) is 11.9 Å². The van der Waals surface area contributed by atoms with Crippen LogP contribution in [0.1, 0.15) is 11.1 Å². The van der Waals surface area contributed by atoms with Crippen molar-refractivity contribution in [2.75, 3.05) is 0 Å². The fraction of sp³-hybridized carbons (Fsp3) is 0.133. The lowest BCUT2D eigenvalue weighted by Gasteiger charge is -2.11. The number of halogens is 4. The molecular formula is C15H11ClF3N.